The Hall–Kier alpha value is -0.940. The summed E-state index contributed by atoms with van der Waals surface area (Å²) in [5.74, 6) is -1.09. The van der Waals surface area contributed by atoms with Gasteiger partial charge < -0.3 is 5.11 Å². The van der Waals surface area contributed by atoms with Gasteiger partial charge >= 0.3 is 5.97 Å². The molecule has 0 saturated carbocycles. The van der Waals surface area contributed by atoms with Gasteiger partial charge in [0.1, 0.15) is 11.4 Å². The smallest absolute Gasteiger partial charge is 0.324 e. The van der Waals surface area contributed by atoms with Gasteiger partial charge in [0.15, 0.2) is 0 Å². The average Bonchev–Trinajstić information content (AvgIpc) is 2.79. The Morgan fingerprint density at radius 1 is 1.58 bits per heavy atom. The topological polar surface area (TPSA) is 40.5 Å². The molecule has 1 atom stereocenters. The first kappa shape index (κ1) is 14.5. The van der Waals surface area contributed by atoms with E-state index < -0.39 is 11.5 Å². The van der Waals surface area contributed by atoms with Crippen LogP contribution in [0.4, 0.5) is 4.39 Å². The van der Waals surface area contributed by atoms with Gasteiger partial charge in [0, 0.05) is 6.54 Å². The summed E-state index contributed by atoms with van der Waals surface area (Å²) in [5.41, 5.74) is -0.00727. The van der Waals surface area contributed by atoms with Crippen LogP contribution >= 0.6 is 15.9 Å². The molecule has 3 nitrogen and oxygen atoms in total. The van der Waals surface area contributed by atoms with Crippen LogP contribution < -0.4 is 0 Å². The zero-order valence-electron chi connectivity index (χ0n) is 10.8. The molecule has 0 spiro atoms. The minimum atomic E-state index is -0.800. The second-order valence-electron chi connectivity index (χ2n) is 4.93. The first-order chi connectivity index (χ1) is 9.01. The molecular weight excluding hydrogens is 313 g/mol. The number of rotatable bonds is 4. The van der Waals surface area contributed by atoms with Gasteiger partial charge in [0.05, 0.1) is 4.47 Å². The molecule has 104 valence electrons. The molecule has 2 rings (SSSR count). The number of aliphatic carboxylic acids is 1. The van der Waals surface area contributed by atoms with E-state index in [1.807, 2.05) is 17.9 Å². The maximum atomic E-state index is 13.5. The molecule has 19 heavy (non-hydrogen) atoms. The highest BCUT2D eigenvalue weighted by atomic mass is 79.9. The van der Waals surface area contributed by atoms with Crippen LogP contribution in [0.5, 0.6) is 0 Å². The predicted octanol–water partition coefficient (Wildman–Crippen LogP) is 3.42. The van der Waals surface area contributed by atoms with E-state index in [0.717, 1.165) is 18.5 Å². The van der Waals surface area contributed by atoms with Crippen molar-refractivity contribution in [1.29, 1.82) is 0 Å². The lowest BCUT2D eigenvalue weighted by atomic mass is 9.92. The third-order valence-electron chi connectivity index (χ3n) is 4.00. The number of benzene rings is 1. The van der Waals surface area contributed by atoms with Crippen molar-refractivity contribution in [1.82, 2.24) is 4.90 Å². The predicted molar refractivity (Wildman–Crippen MR) is 74.4 cm³/mol. The van der Waals surface area contributed by atoms with Crippen LogP contribution in [0.15, 0.2) is 22.7 Å². The molecule has 1 saturated heterocycles. The van der Waals surface area contributed by atoms with Crippen LogP contribution in [-0.4, -0.2) is 28.1 Å². The van der Waals surface area contributed by atoms with Crippen molar-refractivity contribution in [2.75, 3.05) is 6.54 Å². The fourth-order valence-corrected chi connectivity index (χ4v) is 3.22. The number of halogens is 2. The molecule has 1 heterocycles. The van der Waals surface area contributed by atoms with Crippen molar-refractivity contribution < 1.29 is 14.3 Å². The number of likely N-dealkylation sites (tertiary alicyclic amines) is 1. The monoisotopic (exact) mass is 329 g/mol. The van der Waals surface area contributed by atoms with Crippen LogP contribution in [0.2, 0.25) is 0 Å². The quantitative estimate of drug-likeness (QED) is 0.920. The standard InChI is InChI=1S/C14H17BrFNO2/c1-2-14(13(18)19)7-4-8-17(14)9-10-5-3-6-11(16)12(10)15/h3,5-6H,2,4,7-9H2,1H3,(H,18,19). The average molecular weight is 330 g/mol. The second-order valence-corrected chi connectivity index (χ2v) is 5.72. The first-order valence-corrected chi connectivity index (χ1v) is 7.22. The Bertz CT molecular complexity index is 494. The molecule has 1 fully saturated rings. The van der Waals surface area contributed by atoms with Gasteiger partial charge in [-0.2, -0.15) is 0 Å². The van der Waals surface area contributed by atoms with Crippen LogP contribution in [0.1, 0.15) is 31.7 Å². The van der Waals surface area contributed by atoms with E-state index in [1.165, 1.54) is 6.07 Å². The maximum Gasteiger partial charge on any atom is 0.324 e. The summed E-state index contributed by atoms with van der Waals surface area (Å²) in [6.45, 7) is 3.09. The SMILES string of the molecule is CCC1(C(=O)O)CCCN1Cc1cccc(F)c1Br. The number of nitrogens with zero attached hydrogens (tertiary/aromatic N) is 1. The van der Waals surface area contributed by atoms with Crippen molar-refractivity contribution in [2.45, 2.75) is 38.3 Å². The number of carboxylic acids is 1. The Balaban J connectivity index is 2.27. The molecular formula is C14H17BrFNO2. The number of hydrogen-bond donors (Lipinski definition) is 1. The number of carboxylic acid groups (broad SMARTS) is 1. The van der Waals surface area contributed by atoms with E-state index in [9.17, 15) is 14.3 Å². The summed E-state index contributed by atoms with van der Waals surface area (Å²) >= 11 is 3.23. The Labute approximate surface area is 120 Å². The summed E-state index contributed by atoms with van der Waals surface area (Å²) in [7, 11) is 0. The molecule has 1 aromatic rings. The van der Waals surface area contributed by atoms with Crippen molar-refractivity contribution in [3.8, 4) is 0 Å². The largest absolute Gasteiger partial charge is 0.480 e. The van der Waals surface area contributed by atoms with Gasteiger partial charge in [-0.3, -0.25) is 9.69 Å². The molecule has 1 N–H and O–H groups in total. The maximum absolute atomic E-state index is 13.5. The normalized spacial score (nSPS) is 23.7. The van der Waals surface area contributed by atoms with Gasteiger partial charge in [0.25, 0.3) is 0 Å². The lowest BCUT2D eigenvalue weighted by Crippen LogP contribution is -2.49. The Morgan fingerprint density at radius 3 is 2.95 bits per heavy atom. The van der Waals surface area contributed by atoms with E-state index in [1.54, 1.807) is 6.07 Å². The zero-order valence-corrected chi connectivity index (χ0v) is 12.4. The molecule has 0 aliphatic carbocycles. The van der Waals surface area contributed by atoms with E-state index in [-0.39, 0.29) is 5.82 Å². The molecule has 1 aliphatic rings. The van der Waals surface area contributed by atoms with Crippen molar-refractivity contribution >= 4 is 21.9 Å². The Kier molecular flexibility index (Phi) is 4.26. The van der Waals surface area contributed by atoms with E-state index in [0.29, 0.717) is 23.9 Å². The summed E-state index contributed by atoms with van der Waals surface area (Å²) in [6.07, 6.45) is 2.09. The van der Waals surface area contributed by atoms with Crippen LogP contribution in [0, 0.1) is 5.82 Å². The van der Waals surface area contributed by atoms with Crippen LogP contribution in [0.25, 0.3) is 0 Å². The lowest BCUT2D eigenvalue weighted by molar-refractivity contribution is -0.150. The third-order valence-corrected chi connectivity index (χ3v) is 4.89. The molecule has 0 bridgehead atoms. The summed E-state index contributed by atoms with van der Waals surface area (Å²) in [4.78, 5) is 13.5. The van der Waals surface area contributed by atoms with Gasteiger partial charge in [-0.15, -0.1) is 0 Å². The number of carbonyl (C=O) groups is 1. The molecule has 1 aliphatic heterocycles. The van der Waals surface area contributed by atoms with E-state index in [4.69, 9.17) is 0 Å². The zero-order chi connectivity index (χ0) is 14.0. The van der Waals surface area contributed by atoms with E-state index >= 15 is 0 Å². The van der Waals surface area contributed by atoms with Crippen molar-refractivity contribution in [3.05, 3.63) is 34.1 Å². The van der Waals surface area contributed by atoms with E-state index in [2.05, 4.69) is 15.9 Å². The third kappa shape index (κ3) is 2.54. The molecule has 5 heteroatoms. The lowest BCUT2D eigenvalue weighted by Gasteiger charge is -2.34. The summed E-state index contributed by atoms with van der Waals surface area (Å²) < 4.78 is 13.9. The van der Waals surface area contributed by atoms with Gasteiger partial charge in [-0.05, 0) is 53.4 Å². The van der Waals surface area contributed by atoms with Gasteiger partial charge in [0.2, 0.25) is 0 Å². The first-order valence-electron chi connectivity index (χ1n) is 6.42. The molecule has 0 radical (unpaired) electrons. The van der Waals surface area contributed by atoms with Gasteiger partial charge in [-0.25, -0.2) is 4.39 Å². The highest BCUT2D eigenvalue weighted by molar-refractivity contribution is 9.10. The molecule has 1 unspecified atom stereocenters. The fourth-order valence-electron chi connectivity index (χ4n) is 2.83. The second kappa shape index (κ2) is 5.59. The fraction of sp³-hybridized carbons (Fsp3) is 0.500. The number of hydrogen-bond acceptors (Lipinski definition) is 2. The van der Waals surface area contributed by atoms with Crippen molar-refractivity contribution in [2.24, 2.45) is 0 Å². The minimum absolute atomic E-state index is 0.311. The highest BCUT2D eigenvalue weighted by Gasteiger charge is 2.46. The Morgan fingerprint density at radius 2 is 2.32 bits per heavy atom. The van der Waals surface area contributed by atoms with Gasteiger partial charge in [-0.1, -0.05) is 19.1 Å². The summed E-state index contributed by atoms with van der Waals surface area (Å²) in [6, 6.07) is 4.87. The minimum Gasteiger partial charge on any atom is -0.480 e. The highest BCUT2D eigenvalue weighted by Crippen LogP contribution is 2.35. The molecule has 1 aromatic carbocycles. The molecule has 0 aromatic heterocycles. The van der Waals surface area contributed by atoms with Crippen LogP contribution in [0.3, 0.4) is 0 Å². The molecule has 0 amide bonds. The van der Waals surface area contributed by atoms with Crippen molar-refractivity contribution in [3.63, 3.8) is 0 Å². The summed E-state index contributed by atoms with van der Waals surface area (Å²) in [5, 5.41) is 9.51. The van der Waals surface area contributed by atoms with Crippen LogP contribution in [-0.2, 0) is 11.3 Å².